The predicted octanol–water partition coefficient (Wildman–Crippen LogP) is 7.33. The highest BCUT2D eigenvalue weighted by atomic mass is 35.5. The van der Waals surface area contributed by atoms with Gasteiger partial charge in [0.05, 0.1) is 18.2 Å². The summed E-state index contributed by atoms with van der Waals surface area (Å²) in [4.78, 5) is 31.8. The molecule has 38 heavy (non-hydrogen) atoms. The zero-order chi connectivity index (χ0) is 26.8. The molecule has 3 aromatic carbocycles. The summed E-state index contributed by atoms with van der Waals surface area (Å²) in [7, 11) is 0. The van der Waals surface area contributed by atoms with Crippen LogP contribution in [0, 0.1) is 6.92 Å². The highest BCUT2D eigenvalue weighted by Crippen LogP contribution is 2.45. The van der Waals surface area contributed by atoms with Gasteiger partial charge in [0, 0.05) is 38.4 Å². The summed E-state index contributed by atoms with van der Waals surface area (Å²) in [6.07, 6.45) is 3.18. The Hall–Kier alpha value is -4.03. The van der Waals surface area contributed by atoms with Crippen LogP contribution in [0.25, 0.3) is 16.7 Å². The lowest BCUT2D eigenvalue weighted by Crippen LogP contribution is -2.29. The number of aryl methyl sites for hydroxylation is 1. The van der Waals surface area contributed by atoms with Gasteiger partial charge >= 0.3 is 0 Å². The van der Waals surface area contributed by atoms with E-state index in [1.807, 2.05) is 31.2 Å². The van der Waals surface area contributed by atoms with Crippen molar-refractivity contribution in [2.24, 2.45) is 0 Å². The van der Waals surface area contributed by atoms with E-state index in [0.29, 0.717) is 28.6 Å². The van der Waals surface area contributed by atoms with E-state index in [1.54, 1.807) is 48.5 Å². The fourth-order valence-electron chi connectivity index (χ4n) is 5.03. The fraction of sp³-hybridized carbons (Fsp3) is 0.226. The molecule has 1 fully saturated rings. The first-order valence-corrected chi connectivity index (χ1v) is 13.2. The molecule has 1 aliphatic rings. The molecule has 2 heterocycles. The molecule has 1 aliphatic heterocycles. The van der Waals surface area contributed by atoms with E-state index < -0.39 is 17.7 Å². The lowest BCUT2D eigenvalue weighted by atomic mass is 9.93. The Bertz CT molecular complexity index is 1520. The van der Waals surface area contributed by atoms with Crippen LogP contribution in [0.1, 0.15) is 49.0 Å². The summed E-state index contributed by atoms with van der Waals surface area (Å²) in [6.45, 7) is 4.66. The average Bonchev–Trinajstić information content (AvgIpc) is 3.39. The molecule has 1 saturated heterocycles. The standard InChI is InChI=1S/C31H29ClN2O4/c1-3-4-7-18-38-23-16-10-20(11-17-23)29(35)27-28(26-19(2)33-25-9-6-5-8-24(25)26)34(31(37)30(27)36)22-14-12-21(32)13-15-22/h5-6,8-17,28,33,35H,3-4,7,18H2,1-2H3/b29-27+. The first-order chi connectivity index (χ1) is 18.4. The molecule has 0 aliphatic carbocycles. The fourth-order valence-corrected chi connectivity index (χ4v) is 5.16. The average molecular weight is 529 g/mol. The second-order valence-corrected chi connectivity index (χ2v) is 9.87. The van der Waals surface area contributed by atoms with Gasteiger partial charge in [0.25, 0.3) is 11.7 Å². The molecule has 1 atom stereocenters. The number of rotatable bonds is 8. The van der Waals surface area contributed by atoms with Gasteiger partial charge in [0.1, 0.15) is 11.5 Å². The summed E-state index contributed by atoms with van der Waals surface area (Å²) in [5.41, 5.74) is 3.43. The van der Waals surface area contributed by atoms with E-state index in [-0.39, 0.29) is 11.3 Å². The molecule has 194 valence electrons. The van der Waals surface area contributed by atoms with Crippen LogP contribution in [0.15, 0.2) is 78.4 Å². The molecule has 5 rings (SSSR count). The number of ketones is 1. The van der Waals surface area contributed by atoms with Gasteiger partial charge in [-0.15, -0.1) is 0 Å². The summed E-state index contributed by atoms with van der Waals surface area (Å²) >= 11 is 6.11. The van der Waals surface area contributed by atoms with Gasteiger partial charge in [0.15, 0.2) is 0 Å². The van der Waals surface area contributed by atoms with Crippen LogP contribution in [0.5, 0.6) is 5.75 Å². The van der Waals surface area contributed by atoms with Gasteiger partial charge in [-0.2, -0.15) is 0 Å². The maximum Gasteiger partial charge on any atom is 0.300 e. The number of H-pyrrole nitrogens is 1. The molecule has 0 saturated carbocycles. The number of fused-ring (bicyclic) bond motifs is 1. The monoisotopic (exact) mass is 528 g/mol. The van der Waals surface area contributed by atoms with Gasteiger partial charge < -0.3 is 14.8 Å². The number of aliphatic hydroxyl groups excluding tert-OH is 1. The minimum atomic E-state index is -0.836. The highest BCUT2D eigenvalue weighted by molar-refractivity contribution is 6.52. The van der Waals surface area contributed by atoms with E-state index in [0.717, 1.165) is 41.4 Å². The molecular formula is C31H29ClN2O4. The molecule has 0 bridgehead atoms. The summed E-state index contributed by atoms with van der Waals surface area (Å²) < 4.78 is 5.79. The molecule has 0 radical (unpaired) electrons. The van der Waals surface area contributed by atoms with Gasteiger partial charge in [-0.1, -0.05) is 49.6 Å². The van der Waals surface area contributed by atoms with Crippen molar-refractivity contribution < 1.29 is 19.4 Å². The lowest BCUT2D eigenvalue weighted by Gasteiger charge is -2.26. The lowest BCUT2D eigenvalue weighted by molar-refractivity contribution is -0.132. The van der Waals surface area contributed by atoms with Crippen molar-refractivity contribution in [1.82, 2.24) is 4.98 Å². The SMILES string of the molecule is CCCCCOc1ccc(/C(O)=C2\C(=O)C(=O)N(c3ccc(Cl)cc3)C2c2c(C)[nH]c3ccccc23)cc1. The number of nitrogens with zero attached hydrogens (tertiary/aromatic N) is 1. The molecule has 1 amide bonds. The number of anilines is 1. The second kappa shape index (κ2) is 10.8. The number of para-hydroxylation sites is 1. The van der Waals surface area contributed by atoms with E-state index in [4.69, 9.17) is 16.3 Å². The van der Waals surface area contributed by atoms with E-state index >= 15 is 0 Å². The molecule has 2 N–H and O–H groups in total. The van der Waals surface area contributed by atoms with Crippen molar-refractivity contribution in [3.63, 3.8) is 0 Å². The summed E-state index contributed by atoms with van der Waals surface area (Å²) in [5, 5.41) is 12.9. The molecule has 1 aromatic heterocycles. The van der Waals surface area contributed by atoms with E-state index in [9.17, 15) is 14.7 Å². The third kappa shape index (κ3) is 4.68. The predicted molar refractivity (Wildman–Crippen MR) is 151 cm³/mol. The topological polar surface area (TPSA) is 82.6 Å². The number of ether oxygens (including phenoxy) is 1. The normalized spacial score (nSPS) is 16.9. The summed E-state index contributed by atoms with van der Waals surface area (Å²) in [6, 6.07) is 20.6. The van der Waals surface area contributed by atoms with Crippen molar-refractivity contribution in [2.75, 3.05) is 11.5 Å². The maximum absolute atomic E-state index is 13.5. The Morgan fingerprint density at radius 2 is 1.71 bits per heavy atom. The van der Waals surface area contributed by atoms with Crippen molar-refractivity contribution in [3.05, 3.63) is 100 Å². The molecule has 0 spiro atoms. The van der Waals surface area contributed by atoms with Gasteiger partial charge in [0.2, 0.25) is 0 Å². The van der Waals surface area contributed by atoms with Crippen LogP contribution >= 0.6 is 11.6 Å². The number of hydrogen-bond donors (Lipinski definition) is 2. The third-order valence-electron chi connectivity index (χ3n) is 6.91. The minimum absolute atomic E-state index is 0.0365. The summed E-state index contributed by atoms with van der Waals surface area (Å²) in [5.74, 6) is -0.998. The number of halogens is 1. The Morgan fingerprint density at radius 3 is 2.42 bits per heavy atom. The van der Waals surface area contributed by atoms with Crippen LogP contribution in [0.3, 0.4) is 0 Å². The number of hydrogen-bond acceptors (Lipinski definition) is 4. The van der Waals surface area contributed by atoms with Gasteiger partial charge in [-0.3, -0.25) is 14.5 Å². The quantitative estimate of drug-likeness (QED) is 0.109. The first kappa shape index (κ1) is 25.6. The smallest absolute Gasteiger partial charge is 0.300 e. The number of unbranched alkanes of at least 4 members (excludes halogenated alkanes) is 2. The van der Waals surface area contributed by atoms with E-state index in [2.05, 4.69) is 11.9 Å². The Balaban J connectivity index is 1.63. The Morgan fingerprint density at radius 1 is 1.00 bits per heavy atom. The van der Waals surface area contributed by atoms with Crippen molar-refractivity contribution in [1.29, 1.82) is 0 Å². The number of benzene rings is 3. The number of aromatic amines is 1. The number of nitrogens with one attached hydrogen (secondary N) is 1. The molecule has 7 heteroatoms. The first-order valence-electron chi connectivity index (χ1n) is 12.8. The van der Waals surface area contributed by atoms with Crippen molar-refractivity contribution >= 4 is 45.6 Å². The molecular weight excluding hydrogens is 500 g/mol. The van der Waals surface area contributed by atoms with Gasteiger partial charge in [-0.25, -0.2) is 0 Å². The van der Waals surface area contributed by atoms with Crippen LogP contribution in [-0.4, -0.2) is 28.4 Å². The van der Waals surface area contributed by atoms with Crippen LogP contribution in [-0.2, 0) is 9.59 Å². The number of aliphatic hydroxyl groups is 1. The highest BCUT2D eigenvalue weighted by Gasteiger charge is 2.48. The zero-order valence-electron chi connectivity index (χ0n) is 21.3. The number of aromatic nitrogens is 1. The minimum Gasteiger partial charge on any atom is -0.507 e. The van der Waals surface area contributed by atoms with E-state index in [1.165, 1.54) is 4.90 Å². The molecule has 4 aromatic rings. The second-order valence-electron chi connectivity index (χ2n) is 9.43. The number of carbonyl (C=O) groups excluding carboxylic acids is 2. The zero-order valence-corrected chi connectivity index (χ0v) is 22.1. The number of Topliss-reactive ketones (excluding diaryl/α,β-unsaturated/α-hetero) is 1. The van der Waals surface area contributed by atoms with Crippen molar-refractivity contribution in [3.8, 4) is 5.75 Å². The number of amides is 1. The number of carbonyl (C=O) groups is 2. The van der Waals surface area contributed by atoms with Crippen LogP contribution in [0.2, 0.25) is 5.02 Å². The third-order valence-corrected chi connectivity index (χ3v) is 7.16. The van der Waals surface area contributed by atoms with Crippen LogP contribution in [0.4, 0.5) is 5.69 Å². The van der Waals surface area contributed by atoms with Crippen LogP contribution < -0.4 is 9.64 Å². The Kier molecular flexibility index (Phi) is 7.25. The Labute approximate surface area is 226 Å². The van der Waals surface area contributed by atoms with Gasteiger partial charge in [-0.05, 0) is 67.9 Å². The molecule has 1 unspecified atom stereocenters. The van der Waals surface area contributed by atoms with Crippen molar-refractivity contribution in [2.45, 2.75) is 39.2 Å². The largest absolute Gasteiger partial charge is 0.507 e. The molecule has 6 nitrogen and oxygen atoms in total. The maximum atomic E-state index is 13.5.